The molecule has 5 heteroatoms. The topological polar surface area (TPSA) is 23.6 Å². The van der Waals surface area contributed by atoms with Gasteiger partial charge in [0.2, 0.25) is 5.91 Å². The lowest BCUT2D eigenvalue weighted by atomic mass is 9.94. The second-order valence-corrected chi connectivity index (χ2v) is 7.41. The molecule has 1 heterocycles. The van der Waals surface area contributed by atoms with Gasteiger partial charge in [0.05, 0.1) is 10.8 Å². The molecule has 3 nitrogen and oxygen atoms in total. The molecule has 1 aromatic carbocycles. The van der Waals surface area contributed by atoms with Gasteiger partial charge in [0.25, 0.3) is 0 Å². The Morgan fingerprint density at radius 1 is 1.18 bits per heavy atom. The third kappa shape index (κ3) is 2.88. The van der Waals surface area contributed by atoms with Crippen molar-refractivity contribution in [2.24, 2.45) is 0 Å². The molecular formula is C17H23FN2OS. The maximum Gasteiger partial charge on any atom is 0.233 e. The zero-order valence-corrected chi connectivity index (χ0v) is 14.0. The summed E-state index contributed by atoms with van der Waals surface area (Å²) in [5.74, 6) is -0.0118. The van der Waals surface area contributed by atoms with Crippen LogP contribution in [-0.2, 0) is 10.2 Å². The number of thioether (sulfide) groups is 1. The summed E-state index contributed by atoms with van der Waals surface area (Å²) in [7, 11) is 0. The molecule has 2 fully saturated rings. The molecule has 2 aliphatic rings. The summed E-state index contributed by atoms with van der Waals surface area (Å²) in [4.78, 5) is 17.3. The minimum absolute atomic E-state index is 0.232. The molecule has 1 saturated heterocycles. The molecule has 1 amide bonds. The second-order valence-electron chi connectivity index (χ2n) is 6.25. The number of benzene rings is 1. The predicted molar refractivity (Wildman–Crippen MR) is 88.4 cm³/mol. The van der Waals surface area contributed by atoms with E-state index >= 15 is 0 Å². The Bertz CT molecular complexity index is 536. The fourth-order valence-electron chi connectivity index (χ4n) is 3.26. The van der Waals surface area contributed by atoms with Gasteiger partial charge < -0.3 is 4.90 Å². The number of hydrogen-bond acceptors (Lipinski definition) is 3. The van der Waals surface area contributed by atoms with Crippen LogP contribution in [0.15, 0.2) is 24.3 Å². The summed E-state index contributed by atoms with van der Waals surface area (Å²) < 4.78 is 13.1. The van der Waals surface area contributed by atoms with Gasteiger partial charge in [-0.1, -0.05) is 12.1 Å². The maximum absolute atomic E-state index is 13.1. The molecule has 0 spiro atoms. The normalized spacial score (nSPS) is 22.4. The molecule has 1 atom stereocenters. The molecule has 1 saturated carbocycles. The Balaban J connectivity index is 1.66. The van der Waals surface area contributed by atoms with Crippen molar-refractivity contribution < 1.29 is 9.18 Å². The highest BCUT2D eigenvalue weighted by Gasteiger charge is 2.53. The number of carbonyl (C=O) groups is 1. The molecule has 0 N–H and O–H groups in total. The Hall–Kier alpha value is -1.07. The van der Waals surface area contributed by atoms with Crippen LogP contribution in [0.4, 0.5) is 4.39 Å². The molecule has 0 bridgehead atoms. The molecular weight excluding hydrogens is 299 g/mol. The van der Waals surface area contributed by atoms with E-state index in [1.807, 2.05) is 16.7 Å². The van der Waals surface area contributed by atoms with Crippen molar-refractivity contribution in [2.45, 2.75) is 30.6 Å². The first-order valence-corrected chi connectivity index (χ1v) is 9.18. The molecule has 1 aromatic rings. The van der Waals surface area contributed by atoms with Gasteiger partial charge in [-0.2, -0.15) is 0 Å². The van der Waals surface area contributed by atoms with Gasteiger partial charge in [-0.15, -0.1) is 11.8 Å². The second kappa shape index (κ2) is 6.20. The smallest absolute Gasteiger partial charge is 0.233 e. The van der Waals surface area contributed by atoms with Crippen LogP contribution < -0.4 is 0 Å². The first kappa shape index (κ1) is 15.8. The Kier molecular flexibility index (Phi) is 4.46. The number of amides is 1. The zero-order chi connectivity index (χ0) is 15.7. The van der Waals surface area contributed by atoms with Gasteiger partial charge in [0.1, 0.15) is 5.82 Å². The van der Waals surface area contributed by atoms with Crippen molar-refractivity contribution in [1.29, 1.82) is 0 Å². The molecule has 3 rings (SSSR count). The maximum atomic E-state index is 13.1. The molecule has 0 aromatic heterocycles. The van der Waals surface area contributed by atoms with Crippen molar-refractivity contribution in [3.05, 3.63) is 35.6 Å². The largest absolute Gasteiger partial charge is 0.339 e. The quantitative estimate of drug-likeness (QED) is 0.851. The highest BCUT2D eigenvalue weighted by molar-refractivity contribution is 7.99. The van der Waals surface area contributed by atoms with Crippen LogP contribution in [0.5, 0.6) is 0 Å². The van der Waals surface area contributed by atoms with Gasteiger partial charge in [0.15, 0.2) is 0 Å². The summed E-state index contributed by atoms with van der Waals surface area (Å²) in [6.07, 6.45) is 3.90. The van der Waals surface area contributed by atoms with Crippen LogP contribution in [0.2, 0.25) is 0 Å². The predicted octanol–water partition coefficient (Wildman–Crippen LogP) is 2.71. The average Bonchev–Trinajstić information content (AvgIpc) is 3.36. The summed E-state index contributed by atoms with van der Waals surface area (Å²) in [6, 6.07) is 6.46. The monoisotopic (exact) mass is 322 g/mol. The highest BCUT2D eigenvalue weighted by atomic mass is 32.2. The Morgan fingerprint density at radius 2 is 1.77 bits per heavy atom. The first-order valence-electron chi connectivity index (χ1n) is 7.89. The van der Waals surface area contributed by atoms with E-state index in [1.165, 1.54) is 12.1 Å². The number of rotatable bonds is 4. The standard InChI is InChI=1S/C17H23FN2OS/c1-13(22-2)19-9-11-20(12-10-19)16(21)17(7-8-17)14-3-5-15(18)6-4-14/h3-6,13H,7-12H2,1-2H3. The fraction of sp³-hybridized carbons (Fsp3) is 0.588. The average molecular weight is 322 g/mol. The summed E-state index contributed by atoms with van der Waals surface area (Å²) in [5.41, 5.74) is 0.597. The van der Waals surface area contributed by atoms with Crippen LogP contribution in [0.3, 0.4) is 0 Å². The van der Waals surface area contributed by atoms with Crippen LogP contribution >= 0.6 is 11.8 Å². The number of carbonyl (C=O) groups excluding carboxylic acids is 1. The van der Waals surface area contributed by atoms with E-state index in [2.05, 4.69) is 18.1 Å². The Morgan fingerprint density at radius 3 is 2.27 bits per heavy atom. The van der Waals surface area contributed by atoms with Crippen molar-refractivity contribution in [1.82, 2.24) is 9.80 Å². The lowest BCUT2D eigenvalue weighted by molar-refractivity contribution is -0.135. The van der Waals surface area contributed by atoms with E-state index in [0.29, 0.717) is 5.37 Å². The minimum Gasteiger partial charge on any atom is -0.339 e. The van der Waals surface area contributed by atoms with E-state index in [-0.39, 0.29) is 17.1 Å². The molecule has 1 unspecified atom stereocenters. The lowest BCUT2D eigenvalue weighted by Crippen LogP contribution is -2.53. The fourth-order valence-corrected chi connectivity index (χ4v) is 3.77. The number of piperazine rings is 1. The molecule has 1 aliphatic heterocycles. The summed E-state index contributed by atoms with van der Waals surface area (Å²) in [5, 5.41) is 0.504. The summed E-state index contributed by atoms with van der Waals surface area (Å²) in [6.45, 7) is 5.68. The highest BCUT2D eigenvalue weighted by Crippen LogP contribution is 2.49. The molecule has 0 radical (unpaired) electrons. The first-order chi connectivity index (χ1) is 10.6. The minimum atomic E-state index is -0.374. The van der Waals surface area contributed by atoms with Gasteiger partial charge in [-0.3, -0.25) is 9.69 Å². The van der Waals surface area contributed by atoms with E-state index in [9.17, 15) is 9.18 Å². The third-order valence-electron chi connectivity index (χ3n) is 5.01. The lowest BCUT2D eigenvalue weighted by Gasteiger charge is -2.39. The number of halogens is 1. The van der Waals surface area contributed by atoms with Crippen LogP contribution in [0.25, 0.3) is 0 Å². The van der Waals surface area contributed by atoms with Crippen molar-refractivity contribution in [3.8, 4) is 0 Å². The number of hydrogen-bond donors (Lipinski definition) is 0. The van der Waals surface area contributed by atoms with Crippen LogP contribution in [0, 0.1) is 5.82 Å². The van der Waals surface area contributed by atoms with Crippen molar-refractivity contribution in [3.63, 3.8) is 0 Å². The van der Waals surface area contributed by atoms with Gasteiger partial charge in [-0.05, 0) is 43.7 Å². The number of nitrogens with zero attached hydrogens (tertiary/aromatic N) is 2. The van der Waals surface area contributed by atoms with Gasteiger partial charge in [-0.25, -0.2) is 4.39 Å². The zero-order valence-electron chi connectivity index (χ0n) is 13.2. The molecule has 22 heavy (non-hydrogen) atoms. The third-order valence-corrected chi connectivity index (χ3v) is 5.99. The Labute approximate surface area is 135 Å². The van der Waals surface area contributed by atoms with Gasteiger partial charge in [0, 0.05) is 26.2 Å². The van der Waals surface area contributed by atoms with E-state index in [4.69, 9.17) is 0 Å². The van der Waals surface area contributed by atoms with Crippen molar-refractivity contribution >= 4 is 17.7 Å². The van der Waals surface area contributed by atoms with E-state index in [0.717, 1.165) is 44.6 Å². The molecule has 120 valence electrons. The van der Waals surface area contributed by atoms with Gasteiger partial charge >= 0.3 is 0 Å². The van der Waals surface area contributed by atoms with Crippen molar-refractivity contribution in [2.75, 3.05) is 32.4 Å². The van der Waals surface area contributed by atoms with E-state index < -0.39 is 0 Å². The van der Waals surface area contributed by atoms with Crippen LogP contribution in [0.1, 0.15) is 25.3 Å². The SMILES string of the molecule is CSC(C)N1CCN(C(=O)C2(c3ccc(F)cc3)CC2)CC1. The van der Waals surface area contributed by atoms with E-state index in [1.54, 1.807) is 12.1 Å². The summed E-state index contributed by atoms with van der Waals surface area (Å²) >= 11 is 1.84. The molecule has 1 aliphatic carbocycles. The van der Waals surface area contributed by atoms with Crippen LogP contribution in [-0.4, -0.2) is 53.5 Å².